The summed E-state index contributed by atoms with van der Waals surface area (Å²) in [6.07, 6.45) is 2.34. The molecule has 1 rings (SSSR count). The van der Waals surface area contributed by atoms with E-state index in [-0.39, 0.29) is 18.0 Å². The van der Waals surface area contributed by atoms with E-state index in [0.29, 0.717) is 6.42 Å². The zero-order chi connectivity index (χ0) is 12.7. The molecule has 0 spiro atoms. The van der Waals surface area contributed by atoms with Gasteiger partial charge in [-0.05, 0) is 18.0 Å². The van der Waals surface area contributed by atoms with Gasteiger partial charge in [0.15, 0.2) is 0 Å². The summed E-state index contributed by atoms with van der Waals surface area (Å²) in [5.41, 5.74) is 8.00. The molecule has 1 aromatic rings. The van der Waals surface area contributed by atoms with Gasteiger partial charge in [0.1, 0.15) is 10.7 Å². The number of azide groups is 1. The van der Waals surface area contributed by atoms with Crippen LogP contribution in [0.2, 0.25) is 0 Å². The zero-order valence-corrected chi connectivity index (χ0v) is 9.56. The molecule has 0 aliphatic carbocycles. The number of rotatable bonds is 6. The highest BCUT2D eigenvalue weighted by Gasteiger charge is 2.14. The summed E-state index contributed by atoms with van der Waals surface area (Å²) in [7, 11) is -3.76. The van der Waals surface area contributed by atoms with Crippen LogP contribution >= 0.6 is 0 Å². The van der Waals surface area contributed by atoms with Gasteiger partial charge >= 0.3 is 0 Å². The summed E-state index contributed by atoms with van der Waals surface area (Å²) in [6, 6.07) is 0.878. The summed E-state index contributed by atoms with van der Waals surface area (Å²) >= 11 is 0. The van der Waals surface area contributed by atoms with E-state index in [1.807, 2.05) is 0 Å². The standard InChI is InChI=1S/C8H10FN5O2S/c9-7-4-8(6-11-5-7)17(15,16)13-3-1-2-12-14-10/h4-6,13H,1-3H2. The Bertz CT molecular complexity index is 526. The van der Waals surface area contributed by atoms with E-state index in [0.717, 1.165) is 18.5 Å². The smallest absolute Gasteiger partial charge is 0.242 e. The quantitative estimate of drug-likeness (QED) is 0.359. The van der Waals surface area contributed by atoms with Crippen molar-refractivity contribution in [3.05, 3.63) is 34.7 Å². The van der Waals surface area contributed by atoms with Crippen molar-refractivity contribution >= 4 is 10.0 Å². The lowest BCUT2D eigenvalue weighted by molar-refractivity contribution is 0.574. The average molecular weight is 259 g/mol. The molecule has 0 bridgehead atoms. The van der Waals surface area contributed by atoms with Crippen molar-refractivity contribution in [2.45, 2.75) is 11.3 Å². The fourth-order valence-electron chi connectivity index (χ4n) is 1.02. The first-order valence-electron chi connectivity index (χ1n) is 4.67. The molecule has 0 atom stereocenters. The highest BCUT2D eigenvalue weighted by Crippen LogP contribution is 2.07. The van der Waals surface area contributed by atoms with Crippen molar-refractivity contribution in [2.75, 3.05) is 13.1 Å². The van der Waals surface area contributed by atoms with E-state index in [1.165, 1.54) is 0 Å². The number of hydrogen-bond donors (Lipinski definition) is 1. The van der Waals surface area contributed by atoms with Crippen molar-refractivity contribution in [1.29, 1.82) is 0 Å². The van der Waals surface area contributed by atoms with Gasteiger partial charge in [-0.1, -0.05) is 5.11 Å². The van der Waals surface area contributed by atoms with Crippen LogP contribution in [0.5, 0.6) is 0 Å². The number of halogens is 1. The second-order valence-electron chi connectivity index (χ2n) is 3.04. The fourth-order valence-corrected chi connectivity index (χ4v) is 2.07. The molecule has 0 saturated heterocycles. The predicted molar refractivity (Wildman–Crippen MR) is 58.0 cm³/mol. The van der Waals surface area contributed by atoms with Crippen LogP contribution in [0, 0.1) is 5.82 Å². The Balaban J connectivity index is 2.60. The minimum Gasteiger partial charge on any atom is -0.260 e. The Morgan fingerprint density at radius 3 is 2.94 bits per heavy atom. The highest BCUT2D eigenvalue weighted by atomic mass is 32.2. The van der Waals surface area contributed by atoms with Gasteiger partial charge in [0.05, 0.1) is 6.20 Å². The molecule has 17 heavy (non-hydrogen) atoms. The van der Waals surface area contributed by atoms with Gasteiger partial charge in [0.2, 0.25) is 10.0 Å². The van der Waals surface area contributed by atoms with Crippen molar-refractivity contribution in [2.24, 2.45) is 5.11 Å². The van der Waals surface area contributed by atoms with Crippen LogP contribution in [-0.4, -0.2) is 26.5 Å². The third-order valence-electron chi connectivity index (χ3n) is 1.78. The van der Waals surface area contributed by atoms with Crippen molar-refractivity contribution < 1.29 is 12.8 Å². The first kappa shape index (κ1) is 13.4. The molecule has 1 heterocycles. The number of pyridine rings is 1. The van der Waals surface area contributed by atoms with E-state index in [1.54, 1.807) is 0 Å². The van der Waals surface area contributed by atoms with Crippen LogP contribution in [-0.2, 0) is 10.0 Å². The largest absolute Gasteiger partial charge is 0.260 e. The Labute approximate surface area is 97.4 Å². The third-order valence-corrected chi connectivity index (χ3v) is 3.21. The molecule has 0 fully saturated rings. The van der Waals surface area contributed by atoms with E-state index >= 15 is 0 Å². The maximum absolute atomic E-state index is 12.8. The number of nitrogens with one attached hydrogen (secondary N) is 1. The molecule has 0 saturated carbocycles. The Morgan fingerprint density at radius 2 is 2.29 bits per heavy atom. The van der Waals surface area contributed by atoms with Crippen molar-refractivity contribution in [3.63, 3.8) is 0 Å². The molecule has 92 valence electrons. The van der Waals surface area contributed by atoms with Crippen LogP contribution < -0.4 is 4.72 Å². The van der Waals surface area contributed by atoms with Crippen molar-refractivity contribution in [1.82, 2.24) is 9.71 Å². The zero-order valence-electron chi connectivity index (χ0n) is 8.74. The molecule has 7 nitrogen and oxygen atoms in total. The maximum atomic E-state index is 12.8. The van der Waals surface area contributed by atoms with E-state index in [4.69, 9.17) is 5.53 Å². The van der Waals surface area contributed by atoms with E-state index in [9.17, 15) is 12.8 Å². The Hall–Kier alpha value is -1.70. The van der Waals surface area contributed by atoms with Gasteiger partial charge in [-0.2, -0.15) is 0 Å². The molecule has 1 aromatic heterocycles. The molecular formula is C8H10FN5O2S. The summed E-state index contributed by atoms with van der Waals surface area (Å²) < 4.78 is 38.2. The minimum absolute atomic E-state index is 0.109. The molecule has 9 heteroatoms. The monoisotopic (exact) mass is 259 g/mol. The molecular weight excluding hydrogens is 249 g/mol. The van der Waals surface area contributed by atoms with Crippen LogP contribution in [0.1, 0.15) is 6.42 Å². The molecule has 1 N–H and O–H groups in total. The summed E-state index contributed by atoms with van der Waals surface area (Å²) in [4.78, 5) is 5.74. The SMILES string of the molecule is [N-]=[N+]=NCCCNS(=O)(=O)c1cncc(F)c1. The Morgan fingerprint density at radius 1 is 1.53 bits per heavy atom. The third kappa shape index (κ3) is 4.35. The second-order valence-corrected chi connectivity index (χ2v) is 4.81. The van der Waals surface area contributed by atoms with Gasteiger partial charge in [-0.15, -0.1) is 0 Å². The second kappa shape index (κ2) is 6.14. The molecule has 0 unspecified atom stereocenters. The number of aromatic nitrogens is 1. The fraction of sp³-hybridized carbons (Fsp3) is 0.375. The van der Waals surface area contributed by atoms with Gasteiger partial charge in [0.25, 0.3) is 0 Å². The van der Waals surface area contributed by atoms with Gasteiger partial charge in [0, 0.05) is 24.2 Å². The summed E-state index contributed by atoms with van der Waals surface area (Å²) in [5.74, 6) is -0.720. The van der Waals surface area contributed by atoms with Crippen LogP contribution in [0.15, 0.2) is 28.5 Å². The number of sulfonamides is 1. The lowest BCUT2D eigenvalue weighted by Crippen LogP contribution is -2.25. The molecule has 0 radical (unpaired) electrons. The van der Waals surface area contributed by atoms with E-state index in [2.05, 4.69) is 19.7 Å². The van der Waals surface area contributed by atoms with Crippen LogP contribution in [0.3, 0.4) is 0 Å². The number of nitrogens with zero attached hydrogens (tertiary/aromatic N) is 4. The minimum atomic E-state index is -3.76. The van der Waals surface area contributed by atoms with Crippen molar-refractivity contribution in [3.8, 4) is 0 Å². The highest BCUT2D eigenvalue weighted by molar-refractivity contribution is 7.89. The first-order chi connectivity index (χ1) is 8.06. The predicted octanol–water partition coefficient (Wildman–Crippen LogP) is 1.20. The Kier molecular flexibility index (Phi) is 4.83. The maximum Gasteiger partial charge on any atom is 0.242 e. The van der Waals surface area contributed by atoms with E-state index < -0.39 is 15.8 Å². The van der Waals surface area contributed by atoms with Gasteiger partial charge in [-0.25, -0.2) is 17.5 Å². The van der Waals surface area contributed by atoms with Gasteiger partial charge < -0.3 is 0 Å². The summed E-state index contributed by atoms with van der Waals surface area (Å²) in [5, 5.41) is 3.25. The summed E-state index contributed by atoms with van der Waals surface area (Å²) in [6.45, 7) is 0.304. The normalized spacial score (nSPS) is 10.9. The topological polar surface area (TPSA) is 108 Å². The lowest BCUT2D eigenvalue weighted by Gasteiger charge is -2.05. The first-order valence-corrected chi connectivity index (χ1v) is 6.15. The average Bonchev–Trinajstić information content (AvgIpc) is 2.29. The molecule has 0 amide bonds. The number of hydrogen-bond acceptors (Lipinski definition) is 4. The van der Waals surface area contributed by atoms with Crippen LogP contribution in [0.25, 0.3) is 10.4 Å². The molecule has 0 aromatic carbocycles. The van der Waals surface area contributed by atoms with Crippen LogP contribution in [0.4, 0.5) is 4.39 Å². The molecule has 0 aliphatic rings. The lowest BCUT2D eigenvalue weighted by atomic mass is 10.4. The van der Waals surface area contributed by atoms with Gasteiger partial charge in [-0.3, -0.25) is 4.98 Å². The molecule has 0 aliphatic heterocycles.